The number of aromatic nitrogens is 3. The first-order chi connectivity index (χ1) is 11.0. The highest BCUT2D eigenvalue weighted by Gasteiger charge is 2.33. The van der Waals surface area contributed by atoms with Gasteiger partial charge in [-0.1, -0.05) is 99.0 Å². The topological polar surface area (TPSA) is 71.3 Å². The third-order valence-corrected chi connectivity index (χ3v) is 3.87. The van der Waals surface area contributed by atoms with Gasteiger partial charge in [0, 0.05) is 5.56 Å². The van der Waals surface area contributed by atoms with Crippen LogP contribution >= 0.6 is 69.6 Å². The molecule has 0 unspecified atom stereocenters. The Hall–Kier alpha value is -0.560. The van der Waals surface area contributed by atoms with Gasteiger partial charge in [-0.3, -0.25) is 0 Å². The molecule has 0 saturated carbocycles. The zero-order chi connectivity index (χ0) is 18.1. The van der Waals surface area contributed by atoms with E-state index in [2.05, 4.69) is 20.1 Å². The molecule has 0 fully saturated rings. The Morgan fingerprint density at radius 2 is 1.33 bits per heavy atom. The lowest BCUT2D eigenvalue weighted by molar-refractivity contribution is 0.319. The minimum atomic E-state index is -1.91. The van der Waals surface area contributed by atoms with Crippen LogP contribution < -0.4 is 0 Å². The minimum Gasteiger partial charge on any atom is -0.411 e. The molecule has 0 spiro atoms. The summed E-state index contributed by atoms with van der Waals surface area (Å²) in [5.74, 6) is -0.176. The Kier molecular flexibility index (Phi) is 6.06. The van der Waals surface area contributed by atoms with Crippen molar-refractivity contribution in [3.05, 3.63) is 41.5 Å². The standard InChI is InChI=1S/C13H8Cl6N4O/c1-6(23-24)7-2-4-8(5-3-7)9-20-10(12(14,15)16)22-11(21-9)13(17,18)19/h2-5,24H,1H3/b23-6-. The SMILES string of the molecule is C/C(=N/O)c1ccc(-c2nc(C(Cl)(Cl)Cl)nc(C(Cl)(Cl)Cl)n2)cc1. The molecule has 0 amide bonds. The summed E-state index contributed by atoms with van der Waals surface area (Å²) < 4.78 is -3.83. The average Bonchev–Trinajstić information content (AvgIpc) is 2.52. The quantitative estimate of drug-likeness (QED) is 0.289. The van der Waals surface area contributed by atoms with E-state index in [0.29, 0.717) is 16.8 Å². The second kappa shape index (κ2) is 7.36. The van der Waals surface area contributed by atoms with Crippen molar-refractivity contribution in [3.63, 3.8) is 0 Å². The van der Waals surface area contributed by atoms with Crippen molar-refractivity contribution >= 4 is 75.3 Å². The molecule has 1 heterocycles. The first kappa shape index (κ1) is 19.8. The summed E-state index contributed by atoms with van der Waals surface area (Å²) in [7, 11) is 0. The van der Waals surface area contributed by atoms with E-state index in [4.69, 9.17) is 74.8 Å². The fourth-order valence-electron chi connectivity index (χ4n) is 1.68. The minimum absolute atomic E-state index is 0.165. The van der Waals surface area contributed by atoms with Gasteiger partial charge in [0.15, 0.2) is 17.5 Å². The summed E-state index contributed by atoms with van der Waals surface area (Å²) in [4.78, 5) is 12.1. The number of oxime groups is 1. The van der Waals surface area contributed by atoms with Crippen molar-refractivity contribution in [2.45, 2.75) is 14.5 Å². The molecule has 0 radical (unpaired) electrons. The van der Waals surface area contributed by atoms with E-state index in [0.717, 1.165) is 0 Å². The van der Waals surface area contributed by atoms with Crippen LogP contribution in [-0.4, -0.2) is 25.9 Å². The van der Waals surface area contributed by atoms with Gasteiger partial charge in [0.25, 0.3) is 0 Å². The van der Waals surface area contributed by atoms with Gasteiger partial charge in [0.1, 0.15) is 0 Å². The van der Waals surface area contributed by atoms with Gasteiger partial charge in [-0.15, -0.1) is 0 Å². The number of alkyl halides is 6. The molecule has 0 bridgehead atoms. The largest absolute Gasteiger partial charge is 0.411 e. The second-order valence-electron chi connectivity index (χ2n) is 4.56. The zero-order valence-corrected chi connectivity index (χ0v) is 16.3. The van der Waals surface area contributed by atoms with E-state index in [1.165, 1.54) is 0 Å². The lowest BCUT2D eigenvalue weighted by Crippen LogP contribution is -2.16. The third-order valence-electron chi connectivity index (χ3n) is 2.85. The first-order valence-electron chi connectivity index (χ1n) is 6.22. The monoisotopic (exact) mass is 446 g/mol. The van der Waals surface area contributed by atoms with E-state index in [9.17, 15) is 0 Å². The maximum atomic E-state index is 8.79. The van der Waals surface area contributed by atoms with Crippen molar-refractivity contribution in [2.75, 3.05) is 0 Å². The highest BCUT2D eigenvalue weighted by Crippen LogP contribution is 2.40. The highest BCUT2D eigenvalue weighted by atomic mass is 35.6. The predicted molar refractivity (Wildman–Crippen MR) is 97.7 cm³/mol. The first-order valence-corrected chi connectivity index (χ1v) is 8.49. The molecule has 1 N–H and O–H groups in total. The van der Waals surface area contributed by atoms with Crippen LogP contribution in [0.1, 0.15) is 24.1 Å². The number of nitrogens with zero attached hydrogens (tertiary/aromatic N) is 4. The summed E-state index contributed by atoms with van der Waals surface area (Å²) >= 11 is 35.0. The zero-order valence-electron chi connectivity index (χ0n) is 11.8. The Morgan fingerprint density at radius 3 is 1.71 bits per heavy atom. The second-order valence-corrected chi connectivity index (χ2v) is 9.13. The summed E-state index contributed by atoms with van der Waals surface area (Å²) in [5.41, 5.74) is 1.72. The number of hydrogen-bond acceptors (Lipinski definition) is 5. The Morgan fingerprint density at radius 1 is 0.875 bits per heavy atom. The van der Waals surface area contributed by atoms with Crippen LogP contribution in [0.2, 0.25) is 0 Å². The van der Waals surface area contributed by atoms with Gasteiger partial charge >= 0.3 is 0 Å². The van der Waals surface area contributed by atoms with Gasteiger partial charge < -0.3 is 5.21 Å². The van der Waals surface area contributed by atoms with Crippen LogP contribution in [0, 0.1) is 0 Å². The van der Waals surface area contributed by atoms with Crippen LogP contribution in [-0.2, 0) is 7.59 Å². The molecule has 0 aliphatic carbocycles. The molecular weight excluding hydrogens is 441 g/mol. The molecule has 2 rings (SSSR count). The van der Waals surface area contributed by atoms with Gasteiger partial charge in [0.2, 0.25) is 7.59 Å². The Labute approximate surface area is 167 Å². The van der Waals surface area contributed by atoms with E-state index in [1.54, 1.807) is 31.2 Å². The number of hydrogen-bond donors (Lipinski definition) is 1. The fourth-order valence-corrected chi connectivity index (χ4v) is 2.18. The Bertz CT molecular complexity index is 735. The normalized spacial score (nSPS) is 13.2. The molecule has 24 heavy (non-hydrogen) atoms. The lowest BCUT2D eigenvalue weighted by Gasteiger charge is -2.15. The van der Waals surface area contributed by atoms with Crippen molar-refractivity contribution in [1.82, 2.24) is 15.0 Å². The highest BCUT2D eigenvalue weighted by molar-refractivity contribution is 6.67. The Balaban J connectivity index is 2.57. The molecule has 11 heteroatoms. The maximum Gasteiger partial charge on any atom is 0.250 e. The average molecular weight is 449 g/mol. The molecule has 0 aliphatic heterocycles. The molecular formula is C13H8Cl6N4O. The summed E-state index contributed by atoms with van der Waals surface area (Å²) in [6.45, 7) is 1.65. The molecule has 1 aromatic carbocycles. The van der Waals surface area contributed by atoms with E-state index in [-0.39, 0.29) is 17.5 Å². The van der Waals surface area contributed by atoms with Crippen LogP contribution in [0.25, 0.3) is 11.4 Å². The fraction of sp³-hybridized carbons (Fsp3) is 0.231. The molecule has 5 nitrogen and oxygen atoms in total. The molecule has 128 valence electrons. The van der Waals surface area contributed by atoms with Crippen molar-refractivity contribution in [3.8, 4) is 11.4 Å². The van der Waals surface area contributed by atoms with Crippen molar-refractivity contribution in [2.24, 2.45) is 5.16 Å². The van der Waals surface area contributed by atoms with E-state index >= 15 is 0 Å². The molecule has 1 aromatic heterocycles. The number of benzene rings is 1. The molecule has 0 aliphatic rings. The summed E-state index contributed by atoms with van der Waals surface area (Å²) in [5, 5.41) is 11.9. The van der Waals surface area contributed by atoms with Crippen molar-refractivity contribution in [1.29, 1.82) is 0 Å². The van der Waals surface area contributed by atoms with Crippen LogP contribution in [0.15, 0.2) is 29.4 Å². The van der Waals surface area contributed by atoms with Crippen LogP contribution in [0.3, 0.4) is 0 Å². The van der Waals surface area contributed by atoms with Gasteiger partial charge in [0.05, 0.1) is 5.71 Å². The van der Waals surface area contributed by atoms with Crippen LogP contribution in [0.5, 0.6) is 0 Å². The number of halogens is 6. The molecule has 2 aromatic rings. The van der Waals surface area contributed by atoms with Crippen LogP contribution in [0.4, 0.5) is 0 Å². The predicted octanol–water partition coefficient (Wildman–Crippen LogP) is 5.39. The maximum absolute atomic E-state index is 8.79. The summed E-state index contributed by atoms with van der Waals surface area (Å²) in [6, 6.07) is 6.78. The number of rotatable bonds is 2. The van der Waals surface area contributed by atoms with E-state index in [1.807, 2.05) is 0 Å². The molecule has 0 atom stereocenters. The van der Waals surface area contributed by atoms with E-state index < -0.39 is 7.59 Å². The van der Waals surface area contributed by atoms with Gasteiger partial charge in [-0.25, -0.2) is 15.0 Å². The lowest BCUT2D eigenvalue weighted by atomic mass is 10.1. The smallest absolute Gasteiger partial charge is 0.250 e. The third kappa shape index (κ3) is 4.75. The molecule has 0 saturated heterocycles. The van der Waals surface area contributed by atoms with Crippen molar-refractivity contribution < 1.29 is 5.21 Å². The van der Waals surface area contributed by atoms with Gasteiger partial charge in [-0.05, 0) is 12.5 Å². The summed E-state index contributed by atoms with van der Waals surface area (Å²) in [6.07, 6.45) is 0. The van der Waals surface area contributed by atoms with Gasteiger partial charge in [-0.2, -0.15) is 0 Å².